The van der Waals surface area contributed by atoms with E-state index in [9.17, 15) is 9.59 Å². The summed E-state index contributed by atoms with van der Waals surface area (Å²) in [4.78, 5) is 25.7. The second-order valence-electron chi connectivity index (χ2n) is 4.86. The van der Waals surface area contributed by atoms with Gasteiger partial charge in [0.15, 0.2) is 5.58 Å². The van der Waals surface area contributed by atoms with Crippen LogP contribution in [0.2, 0.25) is 0 Å². The largest absolute Gasteiger partial charge is 0.468 e. The molecule has 21 heavy (non-hydrogen) atoms. The molecule has 1 saturated heterocycles. The van der Waals surface area contributed by atoms with Crippen molar-refractivity contribution in [2.45, 2.75) is 11.9 Å². The summed E-state index contributed by atoms with van der Waals surface area (Å²) in [6, 6.07) is 7.34. The average Bonchev–Trinajstić information content (AvgIpc) is 2.83. The third-order valence-corrected chi connectivity index (χ3v) is 4.69. The molecule has 3 rings (SSSR count). The fraction of sp³-hybridized carbons (Fsp3) is 0.429. The van der Waals surface area contributed by atoms with Gasteiger partial charge in [-0.05, 0) is 12.1 Å². The fourth-order valence-corrected chi connectivity index (χ4v) is 3.65. The van der Waals surface area contributed by atoms with Crippen LogP contribution in [-0.2, 0) is 16.2 Å². The number of ether oxygens (including phenoxy) is 1. The van der Waals surface area contributed by atoms with E-state index in [0.29, 0.717) is 18.8 Å². The second-order valence-corrected chi connectivity index (χ2v) is 6.18. The van der Waals surface area contributed by atoms with E-state index in [1.165, 1.54) is 7.11 Å². The lowest BCUT2D eigenvalue weighted by Crippen LogP contribution is -2.43. The monoisotopic (exact) mass is 308 g/mol. The Morgan fingerprint density at radius 3 is 3.10 bits per heavy atom. The van der Waals surface area contributed by atoms with Gasteiger partial charge >= 0.3 is 11.7 Å². The molecule has 0 amide bonds. The smallest absolute Gasteiger partial charge is 0.421 e. The summed E-state index contributed by atoms with van der Waals surface area (Å²) in [5, 5.41) is -0.197. The quantitative estimate of drug-likeness (QED) is 0.792. The van der Waals surface area contributed by atoms with Gasteiger partial charge in [0.25, 0.3) is 0 Å². The summed E-state index contributed by atoms with van der Waals surface area (Å²) in [5.74, 6) is 0.253. The molecule has 0 aliphatic carbocycles. The number of nitrogens with zero attached hydrogens (tertiary/aromatic N) is 2. The summed E-state index contributed by atoms with van der Waals surface area (Å²) < 4.78 is 11.6. The first-order valence-electron chi connectivity index (χ1n) is 6.69. The zero-order chi connectivity index (χ0) is 14.8. The Morgan fingerprint density at radius 1 is 1.48 bits per heavy atom. The number of oxazole rings is 1. The Morgan fingerprint density at radius 2 is 2.29 bits per heavy atom. The molecule has 1 aliphatic rings. The van der Waals surface area contributed by atoms with Crippen LogP contribution in [0.4, 0.5) is 0 Å². The van der Waals surface area contributed by atoms with Crippen LogP contribution in [0.25, 0.3) is 11.1 Å². The normalized spacial score (nSPS) is 19.8. The van der Waals surface area contributed by atoms with E-state index >= 15 is 0 Å². The van der Waals surface area contributed by atoms with Crippen molar-refractivity contribution in [1.29, 1.82) is 0 Å². The van der Waals surface area contributed by atoms with E-state index in [-0.39, 0.29) is 17.0 Å². The number of rotatable bonds is 3. The highest BCUT2D eigenvalue weighted by molar-refractivity contribution is 8.00. The maximum absolute atomic E-state index is 12.0. The van der Waals surface area contributed by atoms with Crippen LogP contribution in [0.15, 0.2) is 33.5 Å². The fourth-order valence-electron chi connectivity index (χ4n) is 2.45. The van der Waals surface area contributed by atoms with Gasteiger partial charge in [-0.3, -0.25) is 14.3 Å². The number of carbonyl (C=O) groups excluding carboxylic acids is 1. The Hall–Kier alpha value is -1.73. The number of carbonyl (C=O) groups is 1. The van der Waals surface area contributed by atoms with Gasteiger partial charge in [-0.15, -0.1) is 11.8 Å². The topological polar surface area (TPSA) is 64.7 Å². The Labute approximate surface area is 125 Å². The number of hydrogen-bond acceptors (Lipinski definition) is 6. The molecule has 0 spiro atoms. The van der Waals surface area contributed by atoms with E-state index in [2.05, 4.69) is 4.90 Å². The van der Waals surface area contributed by atoms with Gasteiger partial charge in [0, 0.05) is 18.8 Å². The first-order valence-corrected chi connectivity index (χ1v) is 7.74. The van der Waals surface area contributed by atoms with E-state index < -0.39 is 0 Å². The van der Waals surface area contributed by atoms with Crippen molar-refractivity contribution in [3.8, 4) is 0 Å². The number of benzene rings is 1. The SMILES string of the molecule is COC(=O)[C@@H]1CN(Cn2c(=O)oc3ccccc32)CCS1. The highest BCUT2D eigenvalue weighted by Gasteiger charge is 2.27. The maximum Gasteiger partial charge on any atom is 0.421 e. The zero-order valence-electron chi connectivity index (χ0n) is 11.7. The molecule has 6 nitrogen and oxygen atoms in total. The first kappa shape index (κ1) is 14.2. The highest BCUT2D eigenvalue weighted by Crippen LogP contribution is 2.21. The molecule has 2 aromatic rings. The van der Waals surface area contributed by atoms with E-state index in [0.717, 1.165) is 17.8 Å². The molecule has 0 radical (unpaired) electrons. The van der Waals surface area contributed by atoms with Crippen LogP contribution in [0.5, 0.6) is 0 Å². The van der Waals surface area contributed by atoms with E-state index in [1.54, 1.807) is 22.4 Å². The van der Waals surface area contributed by atoms with Crippen molar-refractivity contribution in [3.63, 3.8) is 0 Å². The van der Waals surface area contributed by atoms with Crippen molar-refractivity contribution >= 4 is 28.8 Å². The van der Waals surface area contributed by atoms with Crippen LogP contribution < -0.4 is 5.76 Å². The molecule has 112 valence electrons. The summed E-state index contributed by atoms with van der Waals surface area (Å²) in [5.41, 5.74) is 1.36. The molecule has 7 heteroatoms. The second kappa shape index (κ2) is 5.95. The number of para-hydroxylation sites is 2. The molecule has 2 heterocycles. The van der Waals surface area contributed by atoms with Gasteiger partial charge in [-0.2, -0.15) is 0 Å². The molecule has 1 atom stereocenters. The highest BCUT2D eigenvalue weighted by atomic mass is 32.2. The van der Waals surface area contributed by atoms with Crippen molar-refractivity contribution in [3.05, 3.63) is 34.8 Å². The molecule has 0 N–H and O–H groups in total. The minimum Gasteiger partial charge on any atom is -0.468 e. The molecule has 0 saturated carbocycles. The van der Waals surface area contributed by atoms with Crippen molar-refractivity contribution in [2.75, 3.05) is 26.0 Å². The molecule has 1 fully saturated rings. The summed E-state index contributed by atoms with van der Waals surface area (Å²) in [7, 11) is 1.40. The number of aromatic nitrogens is 1. The minimum absolute atomic E-state index is 0.197. The first-order chi connectivity index (χ1) is 10.2. The summed E-state index contributed by atoms with van der Waals surface area (Å²) in [6.07, 6.45) is 0. The summed E-state index contributed by atoms with van der Waals surface area (Å²) in [6.45, 7) is 1.82. The molecular weight excluding hydrogens is 292 g/mol. The third-order valence-electron chi connectivity index (χ3n) is 3.53. The van der Waals surface area contributed by atoms with Gasteiger partial charge in [-0.1, -0.05) is 12.1 Å². The van der Waals surface area contributed by atoms with E-state index in [1.807, 2.05) is 18.2 Å². The van der Waals surface area contributed by atoms with Gasteiger partial charge < -0.3 is 9.15 Å². The van der Waals surface area contributed by atoms with Crippen LogP contribution in [-0.4, -0.2) is 46.6 Å². The zero-order valence-corrected chi connectivity index (χ0v) is 12.5. The molecule has 0 unspecified atom stereocenters. The lowest BCUT2D eigenvalue weighted by Gasteiger charge is -2.30. The van der Waals surface area contributed by atoms with Gasteiger partial charge in [0.05, 0.1) is 19.3 Å². The Kier molecular flexibility index (Phi) is 4.03. The molecule has 1 aromatic heterocycles. The van der Waals surface area contributed by atoms with Crippen LogP contribution in [0, 0.1) is 0 Å². The Bertz CT molecular complexity index is 708. The third kappa shape index (κ3) is 2.84. The Balaban J connectivity index is 1.80. The average molecular weight is 308 g/mol. The van der Waals surface area contributed by atoms with Crippen LogP contribution in [0.3, 0.4) is 0 Å². The van der Waals surface area contributed by atoms with Crippen molar-refractivity contribution in [1.82, 2.24) is 9.47 Å². The van der Waals surface area contributed by atoms with Crippen LogP contribution in [0.1, 0.15) is 0 Å². The van der Waals surface area contributed by atoms with Gasteiger partial charge in [-0.25, -0.2) is 4.79 Å². The lowest BCUT2D eigenvalue weighted by atomic mass is 10.3. The lowest BCUT2D eigenvalue weighted by molar-refractivity contribution is -0.140. The van der Waals surface area contributed by atoms with Crippen molar-refractivity contribution in [2.24, 2.45) is 0 Å². The molecular formula is C14H16N2O4S. The number of hydrogen-bond donors (Lipinski definition) is 0. The molecule has 1 aromatic carbocycles. The van der Waals surface area contributed by atoms with Gasteiger partial charge in [0.1, 0.15) is 5.25 Å². The maximum atomic E-state index is 12.0. The van der Waals surface area contributed by atoms with Crippen molar-refractivity contribution < 1.29 is 13.9 Å². The minimum atomic E-state index is -0.371. The number of methoxy groups -OCH3 is 1. The van der Waals surface area contributed by atoms with E-state index in [4.69, 9.17) is 9.15 Å². The summed E-state index contributed by atoms with van der Waals surface area (Å²) >= 11 is 1.59. The molecule has 1 aliphatic heterocycles. The van der Waals surface area contributed by atoms with Crippen LogP contribution >= 0.6 is 11.8 Å². The standard InChI is InChI=1S/C14H16N2O4S/c1-19-13(17)12-8-15(6-7-21-12)9-16-10-4-2-3-5-11(10)20-14(16)18/h2-5,12H,6-9H2,1H3/t12-/m0/s1. The number of thioether (sulfide) groups is 1. The molecule has 0 bridgehead atoms. The van der Waals surface area contributed by atoms with Gasteiger partial charge in [0.2, 0.25) is 0 Å². The predicted octanol–water partition coefficient (Wildman–Crippen LogP) is 1.14. The number of esters is 1. The predicted molar refractivity (Wildman–Crippen MR) is 80.3 cm³/mol. The number of fused-ring (bicyclic) bond motifs is 1.